The Hall–Kier alpha value is -2.54. The lowest BCUT2D eigenvalue weighted by Crippen LogP contribution is -2.50. The highest BCUT2D eigenvalue weighted by atomic mass is 16.5. The highest BCUT2D eigenvalue weighted by Crippen LogP contribution is 2.28. The Bertz CT molecular complexity index is 630. The summed E-state index contributed by atoms with van der Waals surface area (Å²) in [7, 11) is 1.51. The fraction of sp³-hybridized carbons (Fsp3) is 0.412. The van der Waals surface area contributed by atoms with Crippen LogP contribution in [0, 0.1) is 0 Å². The lowest BCUT2D eigenvalue weighted by molar-refractivity contribution is -0.127. The molecule has 7 heteroatoms. The number of methoxy groups -OCH3 is 1. The van der Waals surface area contributed by atoms with Gasteiger partial charge in [-0.2, -0.15) is 0 Å². The number of ether oxygens (including phenoxy) is 2. The van der Waals surface area contributed by atoms with Crippen molar-refractivity contribution >= 4 is 17.9 Å². The molecule has 2 amide bonds. The quantitative estimate of drug-likeness (QED) is 0.735. The van der Waals surface area contributed by atoms with Crippen LogP contribution in [0.3, 0.4) is 0 Å². The summed E-state index contributed by atoms with van der Waals surface area (Å²) >= 11 is 0. The third-order valence-electron chi connectivity index (χ3n) is 3.66. The van der Waals surface area contributed by atoms with Gasteiger partial charge in [-0.1, -0.05) is 6.07 Å². The van der Waals surface area contributed by atoms with E-state index in [1.807, 2.05) is 4.90 Å². The molecule has 0 aromatic heterocycles. The van der Waals surface area contributed by atoms with Gasteiger partial charge in [0.15, 0.2) is 18.1 Å². The standard InChI is InChI=1S/C17H23N3O4/c1-12-10-20(8-7-19-12)17(22)6-4-13-3-5-14(15(9-13)23-2)24-11-16(18)21/h3-6,9,12,19H,7-8,10-11H2,1-2H3,(H2,18,21)/b6-4+. The Morgan fingerprint density at radius 1 is 1.42 bits per heavy atom. The number of piperazine rings is 1. The fourth-order valence-electron chi connectivity index (χ4n) is 2.46. The predicted molar refractivity (Wildman–Crippen MR) is 90.8 cm³/mol. The van der Waals surface area contributed by atoms with Crippen LogP contribution in [0.15, 0.2) is 24.3 Å². The van der Waals surface area contributed by atoms with Crippen LogP contribution in [0.2, 0.25) is 0 Å². The molecule has 1 aromatic rings. The summed E-state index contributed by atoms with van der Waals surface area (Å²) in [5.74, 6) is 0.325. The van der Waals surface area contributed by atoms with Crippen LogP contribution in [0.25, 0.3) is 6.08 Å². The third-order valence-corrected chi connectivity index (χ3v) is 3.66. The number of nitrogens with zero attached hydrogens (tertiary/aromatic N) is 1. The first-order chi connectivity index (χ1) is 11.5. The summed E-state index contributed by atoms with van der Waals surface area (Å²) in [6.45, 7) is 4.05. The van der Waals surface area contributed by atoms with Crippen LogP contribution in [0.4, 0.5) is 0 Å². The summed E-state index contributed by atoms with van der Waals surface area (Å²) in [4.78, 5) is 24.8. The lowest BCUT2D eigenvalue weighted by atomic mass is 10.1. The second-order valence-electron chi connectivity index (χ2n) is 5.64. The molecule has 24 heavy (non-hydrogen) atoms. The molecule has 1 heterocycles. The van der Waals surface area contributed by atoms with Crippen LogP contribution >= 0.6 is 0 Å². The molecule has 1 aromatic carbocycles. The first-order valence-electron chi connectivity index (χ1n) is 7.79. The summed E-state index contributed by atoms with van der Waals surface area (Å²) in [5, 5.41) is 3.30. The Kier molecular flexibility index (Phi) is 6.20. The molecule has 1 fully saturated rings. The highest BCUT2D eigenvalue weighted by molar-refractivity contribution is 5.92. The van der Waals surface area contributed by atoms with E-state index in [4.69, 9.17) is 15.2 Å². The number of carbonyl (C=O) groups excluding carboxylic acids is 2. The second-order valence-corrected chi connectivity index (χ2v) is 5.64. The molecule has 0 bridgehead atoms. The molecule has 1 atom stereocenters. The van der Waals surface area contributed by atoms with Gasteiger partial charge in [0, 0.05) is 31.8 Å². The number of nitrogens with two attached hydrogens (primary N) is 1. The summed E-state index contributed by atoms with van der Waals surface area (Å²) in [6, 6.07) is 5.50. The number of nitrogens with one attached hydrogen (secondary N) is 1. The van der Waals surface area contributed by atoms with Crippen LogP contribution < -0.4 is 20.5 Å². The van der Waals surface area contributed by atoms with Crippen LogP contribution in [0.5, 0.6) is 11.5 Å². The van der Waals surface area contributed by atoms with E-state index >= 15 is 0 Å². The smallest absolute Gasteiger partial charge is 0.255 e. The van der Waals surface area contributed by atoms with Crippen molar-refractivity contribution in [2.24, 2.45) is 5.73 Å². The third kappa shape index (κ3) is 4.99. The minimum Gasteiger partial charge on any atom is -0.493 e. The van der Waals surface area contributed by atoms with E-state index < -0.39 is 5.91 Å². The maximum absolute atomic E-state index is 12.2. The Morgan fingerprint density at radius 3 is 2.88 bits per heavy atom. The Balaban J connectivity index is 2.03. The molecule has 1 aliphatic heterocycles. The summed E-state index contributed by atoms with van der Waals surface area (Å²) in [6.07, 6.45) is 3.28. The van der Waals surface area contributed by atoms with Gasteiger partial charge in [-0.3, -0.25) is 9.59 Å². The molecule has 1 aliphatic rings. The van der Waals surface area contributed by atoms with E-state index in [0.717, 1.165) is 12.1 Å². The van der Waals surface area contributed by atoms with Gasteiger partial charge < -0.3 is 25.4 Å². The fourth-order valence-corrected chi connectivity index (χ4v) is 2.46. The zero-order chi connectivity index (χ0) is 17.5. The van der Waals surface area contributed by atoms with E-state index in [-0.39, 0.29) is 12.5 Å². The molecule has 0 aliphatic carbocycles. The second kappa shape index (κ2) is 8.35. The van der Waals surface area contributed by atoms with E-state index in [0.29, 0.717) is 30.6 Å². The van der Waals surface area contributed by atoms with E-state index in [1.54, 1.807) is 30.4 Å². The number of amides is 2. The molecule has 0 saturated carbocycles. The molecule has 1 saturated heterocycles. The zero-order valence-corrected chi connectivity index (χ0v) is 14.0. The Morgan fingerprint density at radius 2 is 2.21 bits per heavy atom. The van der Waals surface area contributed by atoms with Crippen molar-refractivity contribution in [3.05, 3.63) is 29.8 Å². The first-order valence-corrected chi connectivity index (χ1v) is 7.79. The molecule has 130 valence electrons. The maximum Gasteiger partial charge on any atom is 0.255 e. The first kappa shape index (κ1) is 17.8. The molecule has 0 radical (unpaired) electrons. The van der Waals surface area contributed by atoms with Gasteiger partial charge in [0.1, 0.15) is 0 Å². The van der Waals surface area contributed by atoms with Gasteiger partial charge in [-0.05, 0) is 30.7 Å². The molecule has 3 N–H and O–H groups in total. The van der Waals surface area contributed by atoms with Crippen molar-refractivity contribution in [2.75, 3.05) is 33.4 Å². The predicted octanol–water partition coefficient (Wildman–Crippen LogP) is 0.393. The number of primary amides is 1. The summed E-state index contributed by atoms with van der Waals surface area (Å²) < 4.78 is 10.5. The largest absolute Gasteiger partial charge is 0.493 e. The van der Waals surface area contributed by atoms with E-state index in [1.165, 1.54) is 7.11 Å². The number of hydrogen-bond donors (Lipinski definition) is 2. The van der Waals surface area contributed by atoms with Crippen molar-refractivity contribution in [1.82, 2.24) is 10.2 Å². The lowest BCUT2D eigenvalue weighted by Gasteiger charge is -2.31. The molecular weight excluding hydrogens is 310 g/mol. The number of benzene rings is 1. The molecule has 7 nitrogen and oxygen atoms in total. The van der Waals surface area contributed by atoms with Gasteiger partial charge in [-0.25, -0.2) is 0 Å². The molecule has 1 unspecified atom stereocenters. The van der Waals surface area contributed by atoms with Gasteiger partial charge >= 0.3 is 0 Å². The Labute approximate surface area is 141 Å². The SMILES string of the molecule is COc1cc(/C=C/C(=O)N2CCNC(C)C2)ccc1OCC(N)=O. The molecule has 0 spiro atoms. The normalized spacial score (nSPS) is 17.8. The average molecular weight is 333 g/mol. The maximum atomic E-state index is 12.2. The van der Waals surface area contributed by atoms with Crippen LogP contribution in [-0.2, 0) is 9.59 Å². The number of hydrogen-bond acceptors (Lipinski definition) is 5. The molecular formula is C17H23N3O4. The minimum absolute atomic E-state index is 0.0172. The monoisotopic (exact) mass is 333 g/mol. The van der Waals surface area contributed by atoms with Crippen molar-refractivity contribution in [1.29, 1.82) is 0 Å². The van der Waals surface area contributed by atoms with Crippen molar-refractivity contribution in [2.45, 2.75) is 13.0 Å². The van der Waals surface area contributed by atoms with Crippen LogP contribution in [-0.4, -0.2) is 56.1 Å². The minimum atomic E-state index is -0.558. The van der Waals surface area contributed by atoms with E-state index in [9.17, 15) is 9.59 Å². The highest BCUT2D eigenvalue weighted by Gasteiger charge is 2.18. The molecule has 2 rings (SSSR count). The van der Waals surface area contributed by atoms with Gasteiger partial charge in [0.2, 0.25) is 5.91 Å². The average Bonchev–Trinajstić information content (AvgIpc) is 2.58. The van der Waals surface area contributed by atoms with E-state index in [2.05, 4.69) is 12.2 Å². The zero-order valence-electron chi connectivity index (χ0n) is 14.0. The number of carbonyl (C=O) groups is 2. The van der Waals surface area contributed by atoms with Gasteiger partial charge in [0.25, 0.3) is 5.91 Å². The van der Waals surface area contributed by atoms with Gasteiger partial charge in [0.05, 0.1) is 7.11 Å². The van der Waals surface area contributed by atoms with Crippen molar-refractivity contribution in [3.63, 3.8) is 0 Å². The summed E-state index contributed by atoms with van der Waals surface area (Å²) in [5.41, 5.74) is 5.86. The van der Waals surface area contributed by atoms with Gasteiger partial charge in [-0.15, -0.1) is 0 Å². The van der Waals surface area contributed by atoms with Crippen molar-refractivity contribution in [3.8, 4) is 11.5 Å². The topological polar surface area (TPSA) is 93.9 Å². The number of rotatable bonds is 6. The van der Waals surface area contributed by atoms with Crippen LogP contribution in [0.1, 0.15) is 12.5 Å². The van der Waals surface area contributed by atoms with Crippen molar-refractivity contribution < 1.29 is 19.1 Å².